The van der Waals surface area contributed by atoms with Crippen molar-refractivity contribution in [3.8, 4) is 0 Å². The predicted molar refractivity (Wildman–Crippen MR) is 110 cm³/mol. The number of anilines is 1. The van der Waals surface area contributed by atoms with E-state index in [9.17, 15) is 14.0 Å². The topological polar surface area (TPSA) is 58.6 Å². The maximum absolute atomic E-state index is 13.4. The first-order chi connectivity index (χ1) is 13.5. The molecule has 1 heterocycles. The van der Waals surface area contributed by atoms with Gasteiger partial charge in [-0.1, -0.05) is 37.8 Å². The van der Waals surface area contributed by atoms with E-state index in [2.05, 4.69) is 5.32 Å². The summed E-state index contributed by atoms with van der Waals surface area (Å²) >= 11 is 7.48. The first kappa shape index (κ1) is 21.2. The second kappa shape index (κ2) is 9.83. The Morgan fingerprint density at radius 3 is 2.75 bits per heavy atom. The number of esters is 1. The highest BCUT2D eigenvalue weighted by Crippen LogP contribution is 2.41. The van der Waals surface area contributed by atoms with E-state index in [1.807, 2.05) is 6.92 Å². The van der Waals surface area contributed by atoms with E-state index in [1.54, 1.807) is 16.7 Å². The molecule has 1 aromatic carbocycles. The van der Waals surface area contributed by atoms with E-state index >= 15 is 0 Å². The molecule has 28 heavy (non-hydrogen) atoms. The summed E-state index contributed by atoms with van der Waals surface area (Å²) in [4.78, 5) is 27.3. The van der Waals surface area contributed by atoms with Gasteiger partial charge >= 0.3 is 12.0 Å². The Morgan fingerprint density at radius 2 is 2.07 bits per heavy atom. The summed E-state index contributed by atoms with van der Waals surface area (Å²) in [5.74, 6) is -0.0101. The number of hydrogen-bond acceptors (Lipinski definition) is 4. The maximum atomic E-state index is 13.4. The summed E-state index contributed by atoms with van der Waals surface area (Å²) < 4.78 is 18.7. The van der Waals surface area contributed by atoms with Crippen LogP contribution >= 0.6 is 23.4 Å². The third-order valence-corrected chi connectivity index (χ3v) is 6.97. The molecule has 0 aromatic heterocycles. The van der Waals surface area contributed by atoms with Gasteiger partial charge in [0.1, 0.15) is 11.9 Å². The van der Waals surface area contributed by atoms with Gasteiger partial charge in [0.05, 0.1) is 17.0 Å². The fraction of sp³-hybridized carbons (Fsp3) is 0.600. The minimum atomic E-state index is -0.612. The standard InChI is InChI=1S/C20H26ClFN2O3S/c1-2-10-27-19(25)17-12-28-18(13-6-4-3-5-7-13)24(17)20(26)23-14-8-9-16(22)15(21)11-14/h8-9,11,13,17-18H,2-7,10,12H2,1H3,(H,23,26). The van der Waals surface area contributed by atoms with E-state index in [0.717, 1.165) is 32.1 Å². The lowest BCUT2D eigenvalue weighted by Gasteiger charge is -2.35. The number of nitrogens with one attached hydrogen (secondary N) is 1. The predicted octanol–water partition coefficient (Wildman–Crippen LogP) is 5.29. The summed E-state index contributed by atoms with van der Waals surface area (Å²) in [5.41, 5.74) is 0.399. The molecular formula is C20H26ClFN2O3S. The van der Waals surface area contributed by atoms with Crippen LogP contribution in [0.5, 0.6) is 0 Å². The molecule has 2 unspecified atom stereocenters. The molecule has 1 saturated carbocycles. The molecule has 1 N–H and O–H groups in total. The van der Waals surface area contributed by atoms with Crippen molar-refractivity contribution >= 4 is 41.1 Å². The van der Waals surface area contributed by atoms with Crippen LogP contribution in [0.15, 0.2) is 18.2 Å². The molecule has 2 atom stereocenters. The fourth-order valence-electron chi connectivity index (χ4n) is 3.81. The number of benzene rings is 1. The van der Waals surface area contributed by atoms with E-state index in [0.29, 0.717) is 24.0 Å². The van der Waals surface area contributed by atoms with Crippen LogP contribution in [0.2, 0.25) is 5.02 Å². The second-order valence-corrected chi connectivity index (χ2v) is 8.83. The summed E-state index contributed by atoms with van der Waals surface area (Å²) in [7, 11) is 0. The lowest BCUT2D eigenvalue weighted by molar-refractivity contribution is -0.148. The van der Waals surface area contributed by atoms with Gasteiger partial charge in [0.25, 0.3) is 0 Å². The molecular weight excluding hydrogens is 403 g/mol. The molecule has 5 nitrogen and oxygen atoms in total. The summed E-state index contributed by atoms with van der Waals surface area (Å²) in [6.07, 6.45) is 6.36. The SMILES string of the molecule is CCCOC(=O)C1CSC(C2CCCCC2)N1C(=O)Nc1ccc(F)c(Cl)c1. The molecule has 2 fully saturated rings. The highest BCUT2D eigenvalue weighted by molar-refractivity contribution is 8.00. The minimum Gasteiger partial charge on any atom is -0.464 e. The number of ether oxygens (including phenoxy) is 1. The Morgan fingerprint density at radius 1 is 1.32 bits per heavy atom. The van der Waals surface area contributed by atoms with Gasteiger partial charge < -0.3 is 10.1 Å². The number of urea groups is 1. The van der Waals surface area contributed by atoms with Crippen molar-refractivity contribution in [2.45, 2.75) is 56.9 Å². The highest BCUT2D eigenvalue weighted by Gasteiger charge is 2.45. The molecule has 1 saturated heterocycles. The van der Waals surface area contributed by atoms with Gasteiger partial charge in [0, 0.05) is 11.4 Å². The van der Waals surface area contributed by atoms with Crippen LogP contribution < -0.4 is 5.32 Å². The molecule has 2 amide bonds. The number of rotatable bonds is 5. The summed E-state index contributed by atoms with van der Waals surface area (Å²) in [5, 5.41) is 2.66. The van der Waals surface area contributed by atoms with E-state index < -0.39 is 11.9 Å². The average molecular weight is 429 g/mol. The molecule has 1 aliphatic heterocycles. The van der Waals surface area contributed by atoms with Crippen molar-refractivity contribution in [3.05, 3.63) is 29.0 Å². The maximum Gasteiger partial charge on any atom is 0.329 e. The summed E-state index contributed by atoms with van der Waals surface area (Å²) in [6, 6.07) is 3.06. The molecule has 0 bridgehead atoms. The van der Waals surface area contributed by atoms with Crippen molar-refractivity contribution in [2.75, 3.05) is 17.7 Å². The Bertz CT molecular complexity index is 715. The van der Waals surface area contributed by atoms with Crippen LogP contribution in [-0.2, 0) is 9.53 Å². The molecule has 8 heteroatoms. The van der Waals surface area contributed by atoms with Crippen molar-refractivity contribution in [1.82, 2.24) is 4.90 Å². The Kier molecular flexibility index (Phi) is 7.46. The molecule has 3 rings (SSSR count). The van der Waals surface area contributed by atoms with Crippen LogP contribution in [0.1, 0.15) is 45.4 Å². The van der Waals surface area contributed by atoms with E-state index in [4.69, 9.17) is 16.3 Å². The normalized spacial score (nSPS) is 22.9. The van der Waals surface area contributed by atoms with Crippen LogP contribution in [0.25, 0.3) is 0 Å². The van der Waals surface area contributed by atoms with E-state index in [1.165, 1.54) is 24.6 Å². The molecule has 0 radical (unpaired) electrons. The second-order valence-electron chi connectivity index (χ2n) is 7.27. The quantitative estimate of drug-likeness (QED) is 0.647. The Hall–Kier alpha value is -1.47. The third kappa shape index (κ3) is 4.92. The zero-order valence-corrected chi connectivity index (χ0v) is 17.5. The van der Waals surface area contributed by atoms with Gasteiger partial charge in [-0.25, -0.2) is 14.0 Å². The number of halogens is 2. The van der Waals surface area contributed by atoms with Gasteiger partial charge in [-0.15, -0.1) is 11.8 Å². The lowest BCUT2D eigenvalue weighted by atomic mass is 9.88. The van der Waals surface area contributed by atoms with Crippen LogP contribution in [0, 0.1) is 11.7 Å². The third-order valence-electron chi connectivity index (χ3n) is 5.21. The number of nitrogens with zero attached hydrogens (tertiary/aromatic N) is 1. The minimum absolute atomic E-state index is 0.0590. The number of carbonyl (C=O) groups is 2. The fourth-order valence-corrected chi connectivity index (χ4v) is 5.61. The van der Waals surface area contributed by atoms with Gasteiger partial charge in [0.15, 0.2) is 0 Å². The molecule has 1 aliphatic carbocycles. The van der Waals surface area contributed by atoms with Crippen molar-refractivity contribution < 1.29 is 18.7 Å². The molecule has 1 aromatic rings. The Balaban J connectivity index is 1.78. The highest BCUT2D eigenvalue weighted by atomic mass is 35.5. The van der Waals surface area contributed by atoms with Crippen LogP contribution in [0.4, 0.5) is 14.9 Å². The number of carbonyl (C=O) groups excluding carboxylic acids is 2. The van der Waals surface area contributed by atoms with Gasteiger partial charge in [-0.2, -0.15) is 0 Å². The summed E-state index contributed by atoms with van der Waals surface area (Å²) in [6.45, 7) is 2.28. The smallest absolute Gasteiger partial charge is 0.329 e. The number of amides is 2. The van der Waals surface area contributed by atoms with Gasteiger partial charge in [-0.05, 0) is 43.4 Å². The first-order valence-corrected chi connectivity index (χ1v) is 11.3. The van der Waals surface area contributed by atoms with Gasteiger partial charge in [-0.3, -0.25) is 4.90 Å². The van der Waals surface area contributed by atoms with Crippen LogP contribution in [0.3, 0.4) is 0 Å². The van der Waals surface area contributed by atoms with E-state index in [-0.39, 0.29) is 22.4 Å². The number of hydrogen-bond donors (Lipinski definition) is 1. The average Bonchev–Trinajstić information content (AvgIpc) is 3.15. The lowest BCUT2D eigenvalue weighted by Crippen LogP contribution is -2.50. The zero-order chi connectivity index (χ0) is 20.1. The monoisotopic (exact) mass is 428 g/mol. The largest absolute Gasteiger partial charge is 0.464 e. The van der Waals surface area contributed by atoms with Crippen molar-refractivity contribution in [3.63, 3.8) is 0 Å². The zero-order valence-electron chi connectivity index (χ0n) is 16.0. The van der Waals surface area contributed by atoms with Crippen LogP contribution in [-0.4, -0.2) is 40.7 Å². The van der Waals surface area contributed by atoms with Crippen molar-refractivity contribution in [2.24, 2.45) is 5.92 Å². The van der Waals surface area contributed by atoms with Crippen molar-refractivity contribution in [1.29, 1.82) is 0 Å². The molecule has 154 valence electrons. The molecule has 0 spiro atoms. The van der Waals surface area contributed by atoms with Gasteiger partial charge in [0.2, 0.25) is 0 Å². The molecule has 2 aliphatic rings. The number of thioether (sulfide) groups is 1. The Labute approximate surface area is 174 Å². The first-order valence-electron chi connectivity index (χ1n) is 9.84.